The molecule has 1 aromatic heterocycles. The van der Waals surface area contributed by atoms with Crippen LogP contribution in [0.25, 0.3) is 56.4 Å². The SMILES string of the molecule is C1=CB2c3ccc(-c4cccc(-c5cccc(-c6nc(-c7ccccc7)nc(-c7ccccc7)n6)c5)c4)cc3N3C=CC=CB3N2C=C1. The van der Waals surface area contributed by atoms with Crippen molar-refractivity contribution in [2.75, 3.05) is 4.81 Å². The van der Waals surface area contributed by atoms with Gasteiger partial charge in [0.1, 0.15) is 0 Å². The molecule has 7 heteroatoms. The molecule has 6 aromatic rings. The minimum atomic E-state index is 0.151. The Balaban J connectivity index is 1.09. The van der Waals surface area contributed by atoms with Crippen molar-refractivity contribution in [1.29, 1.82) is 0 Å². The molecule has 224 valence electrons. The van der Waals surface area contributed by atoms with E-state index >= 15 is 0 Å². The van der Waals surface area contributed by atoms with Gasteiger partial charge in [-0.2, -0.15) is 0 Å². The predicted octanol–water partition coefficient (Wildman–Crippen LogP) is 8.26. The van der Waals surface area contributed by atoms with Crippen LogP contribution in [-0.2, 0) is 0 Å². The average Bonchev–Trinajstić information content (AvgIpc) is 3.18. The van der Waals surface area contributed by atoms with Crippen molar-refractivity contribution in [3.05, 3.63) is 176 Å². The van der Waals surface area contributed by atoms with E-state index in [1.807, 2.05) is 60.7 Å². The van der Waals surface area contributed by atoms with Crippen LogP contribution in [0.3, 0.4) is 0 Å². The monoisotopic (exact) mass is 613 g/mol. The summed E-state index contributed by atoms with van der Waals surface area (Å²) >= 11 is 0. The molecule has 3 aliphatic heterocycles. The van der Waals surface area contributed by atoms with Gasteiger partial charge < -0.3 is 9.53 Å². The van der Waals surface area contributed by atoms with Gasteiger partial charge in [0.15, 0.2) is 17.5 Å². The number of benzene rings is 5. The zero-order chi connectivity index (χ0) is 31.9. The second-order valence-electron chi connectivity index (χ2n) is 12.1. The molecule has 0 radical (unpaired) electrons. The fraction of sp³-hybridized carbons (Fsp3) is 0. The summed E-state index contributed by atoms with van der Waals surface area (Å²) in [5.74, 6) is 6.51. The Labute approximate surface area is 281 Å². The second-order valence-corrected chi connectivity index (χ2v) is 12.1. The number of nitrogens with zero attached hydrogens (tertiary/aromatic N) is 5. The number of aromatic nitrogens is 3. The quantitative estimate of drug-likeness (QED) is 0.183. The molecule has 4 heterocycles. The summed E-state index contributed by atoms with van der Waals surface area (Å²) in [6.45, 7) is 0.365. The van der Waals surface area contributed by atoms with Crippen molar-refractivity contribution in [3.8, 4) is 56.4 Å². The fourth-order valence-corrected chi connectivity index (χ4v) is 6.83. The maximum atomic E-state index is 4.95. The molecule has 5 nitrogen and oxygen atoms in total. The van der Waals surface area contributed by atoms with Crippen LogP contribution in [0.5, 0.6) is 0 Å². The molecular formula is C41H29B2N5. The molecule has 0 fully saturated rings. The van der Waals surface area contributed by atoms with Crippen LogP contribution in [0, 0.1) is 0 Å². The molecule has 0 spiro atoms. The molecule has 0 bridgehead atoms. The normalized spacial score (nSPS) is 14.2. The lowest BCUT2D eigenvalue weighted by atomic mass is 9.43. The van der Waals surface area contributed by atoms with Crippen molar-refractivity contribution < 1.29 is 0 Å². The number of hydrogen-bond donors (Lipinski definition) is 0. The van der Waals surface area contributed by atoms with Gasteiger partial charge in [0.2, 0.25) is 0 Å². The molecule has 0 saturated heterocycles. The predicted molar refractivity (Wildman–Crippen MR) is 199 cm³/mol. The summed E-state index contributed by atoms with van der Waals surface area (Å²) in [5.41, 5.74) is 10.0. The van der Waals surface area contributed by atoms with Gasteiger partial charge in [0.25, 0.3) is 0 Å². The van der Waals surface area contributed by atoms with Crippen molar-refractivity contribution in [1.82, 2.24) is 19.7 Å². The molecule has 48 heavy (non-hydrogen) atoms. The third-order valence-corrected chi connectivity index (χ3v) is 9.19. The number of fused-ring (bicyclic) bond motifs is 6. The first-order valence-electron chi connectivity index (χ1n) is 16.3. The third kappa shape index (κ3) is 5.06. The molecule has 0 amide bonds. The van der Waals surface area contributed by atoms with Crippen LogP contribution >= 0.6 is 0 Å². The highest BCUT2D eigenvalue weighted by molar-refractivity contribution is 6.90. The topological polar surface area (TPSA) is 45.2 Å². The molecule has 0 N–H and O–H groups in total. The van der Waals surface area contributed by atoms with Crippen molar-refractivity contribution in [2.24, 2.45) is 0 Å². The maximum absolute atomic E-state index is 4.95. The Morgan fingerprint density at radius 2 is 0.938 bits per heavy atom. The van der Waals surface area contributed by atoms with Gasteiger partial charge in [-0.25, -0.2) is 15.0 Å². The Kier molecular flexibility index (Phi) is 6.94. The first-order valence-corrected chi connectivity index (χ1v) is 16.3. The largest absolute Gasteiger partial charge is 0.437 e. The fourth-order valence-electron chi connectivity index (χ4n) is 6.83. The van der Waals surface area contributed by atoms with Crippen molar-refractivity contribution >= 4 is 25.0 Å². The maximum Gasteiger partial charge on any atom is 0.395 e. The van der Waals surface area contributed by atoms with E-state index in [2.05, 4.69) is 125 Å². The van der Waals surface area contributed by atoms with Crippen LogP contribution < -0.4 is 10.3 Å². The third-order valence-electron chi connectivity index (χ3n) is 9.19. The smallest absolute Gasteiger partial charge is 0.395 e. The summed E-state index contributed by atoms with van der Waals surface area (Å²) < 4.78 is 2.41. The van der Waals surface area contributed by atoms with E-state index in [1.54, 1.807) is 0 Å². The van der Waals surface area contributed by atoms with Gasteiger partial charge in [-0.3, -0.25) is 0 Å². The minimum absolute atomic E-state index is 0.151. The summed E-state index contributed by atoms with van der Waals surface area (Å²) in [5, 5.41) is 0. The number of anilines is 1. The molecule has 0 atom stereocenters. The Morgan fingerprint density at radius 1 is 0.417 bits per heavy atom. The standard InChI is InChI=1S/C41H29B2N5/c1-3-13-30(14-4-1)39-44-40(31-15-5-2-6-16-31)46-41(45-39)36-20-12-19-34(28-36)32-17-11-18-33(27-32)35-21-22-37-38(29-35)47-25-9-8-24-43(47)48-26-10-7-23-42(37)48/h1-29H. The molecule has 3 aliphatic rings. The highest BCUT2D eigenvalue weighted by Gasteiger charge is 2.41. The van der Waals surface area contributed by atoms with Crippen molar-refractivity contribution in [3.63, 3.8) is 0 Å². The van der Waals surface area contributed by atoms with Crippen LogP contribution in [0.15, 0.2) is 176 Å². The van der Waals surface area contributed by atoms with Crippen LogP contribution in [0.2, 0.25) is 0 Å². The zero-order valence-corrected chi connectivity index (χ0v) is 26.1. The number of hydrogen-bond acceptors (Lipinski definition) is 5. The van der Waals surface area contributed by atoms with E-state index < -0.39 is 0 Å². The number of allylic oxidation sites excluding steroid dienone is 4. The van der Waals surface area contributed by atoms with E-state index in [9.17, 15) is 0 Å². The highest BCUT2D eigenvalue weighted by Crippen LogP contribution is 2.34. The molecule has 0 aliphatic carbocycles. The second kappa shape index (κ2) is 11.9. The first-order chi connectivity index (χ1) is 23.8. The van der Waals surface area contributed by atoms with Gasteiger partial charge in [0.05, 0.1) is 0 Å². The van der Waals surface area contributed by atoms with Crippen LogP contribution in [-0.4, -0.2) is 33.5 Å². The van der Waals surface area contributed by atoms with Gasteiger partial charge in [-0.05, 0) is 70.5 Å². The Morgan fingerprint density at radius 3 is 1.60 bits per heavy atom. The lowest BCUT2D eigenvalue weighted by Crippen LogP contribution is -2.64. The highest BCUT2D eigenvalue weighted by atomic mass is 15.2. The van der Waals surface area contributed by atoms with E-state index in [0.29, 0.717) is 17.5 Å². The molecule has 9 rings (SSSR count). The van der Waals surface area contributed by atoms with E-state index in [-0.39, 0.29) is 13.8 Å². The summed E-state index contributed by atoms with van der Waals surface area (Å²) in [7, 11) is 0. The van der Waals surface area contributed by atoms with Crippen LogP contribution in [0.4, 0.5) is 5.69 Å². The van der Waals surface area contributed by atoms with Gasteiger partial charge in [-0.1, -0.05) is 133 Å². The van der Waals surface area contributed by atoms with Crippen LogP contribution in [0.1, 0.15) is 0 Å². The van der Waals surface area contributed by atoms with E-state index in [0.717, 1.165) is 27.8 Å². The molecule has 0 unspecified atom stereocenters. The Hall–Kier alpha value is -6.20. The van der Waals surface area contributed by atoms with E-state index in [4.69, 9.17) is 15.0 Å². The molecule has 5 aromatic carbocycles. The van der Waals surface area contributed by atoms with Gasteiger partial charge in [-0.15, -0.1) is 0 Å². The zero-order valence-electron chi connectivity index (χ0n) is 26.1. The minimum Gasteiger partial charge on any atom is -0.437 e. The molecule has 0 saturated carbocycles. The molecular weight excluding hydrogens is 584 g/mol. The van der Waals surface area contributed by atoms with Gasteiger partial charge >= 0.3 is 13.8 Å². The van der Waals surface area contributed by atoms with Crippen molar-refractivity contribution in [2.45, 2.75) is 0 Å². The first kappa shape index (κ1) is 28.1. The lowest BCUT2D eigenvalue weighted by molar-refractivity contribution is 0.878. The lowest BCUT2D eigenvalue weighted by Gasteiger charge is -2.45. The van der Waals surface area contributed by atoms with Gasteiger partial charge in [0, 0.05) is 22.4 Å². The summed E-state index contributed by atoms with van der Waals surface area (Å²) in [4.78, 5) is 17.1. The van der Waals surface area contributed by atoms with E-state index in [1.165, 1.54) is 22.3 Å². The average molecular weight is 613 g/mol. The summed E-state index contributed by atoms with van der Waals surface area (Å²) in [6, 6.07) is 44.3. The summed E-state index contributed by atoms with van der Waals surface area (Å²) in [6.07, 6.45) is 12.9. The Bertz CT molecular complexity index is 2220. The number of rotatable bonds is 5.